The van der Waals surface area contributed by atoms with Gasteiger partial charge in [-0.3, -0.25) is 4.98 Å². The molecule has 0 saturated heterocycles. The highest BCUT2D eigenvalue weighted by molar-refractivity contribution is 5.88. The molecule has 3 nitrogen and oxygen atoms in total. The maximum absolute atomic E-state index is 6.12. The monoisotopic (exact) mass is 278 g/mol. The van der Waals surface area contributed by atoms with Crippen molar-refractivity contribution in [1.29, 1.82) is 0 Å². The molecule has 1 N–H and O–H groups in total. The molecule has 0 spiro atoms. The predicted molar refractivity (Wildman–Crippen MR) is 85.6 cm³/mol. The first kappa shape index (κ1) is 13.6. The highest BCUT2D eigenvalue weighted by atomic mass is 16.5. The van der Waals surface area contributed by atoms with E-state index in [0.717, 1.165) is 35.5 Å². The molecule has 3 aromatic rings. The van der Waals surface area contributed by atoms with Crippen molar-refractivity contribution in [2.24, 2.45) is 0 Å². The molecule has 3 rings (SSSR count). The molecule has 2 aromatic carbocycles. The summed E-state index contributed by atoms with van der Waals surface area (Å²) >= 11 is 0. The minimum atomic E-state index is 0.777. The third-order valence-corrected chi connectivity index (χ3v) is 3.41. The van der Waals surface area contributed by atoms with E-state index >= 15 is 0 Å². The fraction of sp³-hybridized carbons (Fsp3) is 0.167. The standard InChI is InChI=1S/C18H18N2O/c1-2-19-12-15-10-11-20-13-18(15)21-17-9-5-7-14-6-3-4-8-16(14)17/h3-11,13,19H,2,12H2,1H3. The van der Waals surface area contributed by atoms with Gasteiger partial charge in [0.25, 0.3) is 0 Å². The van der Waals surface area contributed by atoms with Crippen molar-refractivity contribution in [3.8, 4) is 11.5 Å². The molecule has 0 saturated carbocycles. The zero-order valence-electron chi connectivity index (χ0n) is 12.0. The molecule has 1 heterocycles. The Morgan fingerprint density at radius 1 is 1.00 bits per heavy atom. The van der Waals surface area contributed by atoms with E-state index in [1.807, 2.05) is 30.3 Å². The lowest BCUT2D eigenvalue weighted by molar-refractivity contribution is 0.476. The van der Waals surface area contributed by atoms with Crippen molar-refractivity contribution < 1.29 is 4.74 Å². The molecule has 0 aliphatic carbocycles. The molecular formula is C18H18N2O. The van der Waals surface area contributed by atoms with Crippen molar-refractivity contribution in [2.45, 2.75) is 13.5 Å². The van der Waals surface area contributed by atoms with Gasteiger partial charge in [-0.05, 0) is 24.1 Å². The van der Waals surface area contributed by atoms with E-state index in [-0.39, 0.29) is 0 Å². The van der Waals surface area contributed by atoms with E-state index < -0.39 is 0 Å². The molecule has 0 aliphatic heterocycles. The van der Waals surface area contributed by atoms with Gasteiger partial charge in [-0.25, -0.2) is 0 Å². The van der Waals surface area contributed by atoms with Crippen LogP contribution in [0, 0.1) is 0 Å². The number of aromatic nitrogens is 1. The molecule has 0 unspecified atom stereocenters. The lowest BCUT2D eigenvalue weighted by Crippen LogP contribution is -2.12. The van der Waals surface area contributed by atoms with Gasteiger partial charge >= 0.3 is 0 Å². The van der Waals surface area contributed by atoms with Crippen molar-refractivity contribution in [3.63, 3.8) is 0 Å². The van der Waals surface area contributed by atoms with Gasteiger partial charge in [0.05, 0.1) is 6.20 Å². The average molecular weight is 278 g/mol. The number of hydrogen-bond donors (Lipinski definition) is 1. The number of rotatable bonds is 5. The summed E-state index contributed by atoms with van der Waals surface area (Å²) in [4.78, 5) is 4.18. The Morgan fingerprint density at radius 2 is 1.86 bits per heavy atom. The molecule has 0 amide bonds. The van der Waals surface area contributed by atoms with E-state index in [9.17, 15) is 0 Å². The molecule has 0 radical (unpaired) electrons. The second-order valence-corrected chi connectivity index (χ2v) is 4.84. The number of benzene rings is 2. The van der Waals surface area contributed by atoms with Gasteiger partial charge in [0.2, 0.25) is 0 Å². The smallest absolute Gasteiger partial charge is 0.150 e. The van der Waals surface area contributed by atoms with Gasteiger partial charge in [-0.15, -0.1) is 0 Å². The third-order valence-electron chi connectivity index (χ3n) is 3.41. The van der Waals surface area contributed by atoms with E-state index in [1.54, 1.807) is 12.4 Å². The number of pyridine rings is 1. The lowest BCUT2D eigenvalue weighted by atomic mass is 10.1. The van der Waals surface area contributed by atoms with Crippen LogP contribution in [0.3, 0.4) is 0 Å². The van der Waals surface area contributed by atoms with Crippen LogP contribution in [0.2, 0.25) is 0 Å². The molecule has 0 atom stereocenters. The Balaban J connectivity index is 1.95. The van der Waals surface area contributed by atoms with Gasteiger partial charge < -0.3 is 10.1 Å². The quantitative estimate of drug-likeness (QED) is 0.761. The van der Waals surface area contributed by atoms with Crippen LogP contribution in [0.25, 0.3) is 10.8 Å². The molecule has 3 heteroatoms. The normalized spacial score (nSPS) is 10.7. The second kappa shape index (κ2) is 6.37. The van der Waals surface area contributed by atoms with Gasteiger partial charge in [0, 0.05) is 23.7 Å². The minimum absolute atomic E-state index is 0.777. The van der Waals surface area contributed by atoms with Crippen LogP contribution < -0.4 is 10.1 Å². The van der Waals surface area contributed by atoms with Crippen LogP contribution >= 0.6 is 0 Å². The van der Waals surface area contributed by atoms with Crippen LogP contribution in [-0.2, 0) is 6.54 Å². The van der Waals surface area contributed by atoms with Crippen molar-refractivity contribution >= 4 is 10.8 Å². The zero-order chi connectivity index (χ0) is 14.5. The Labute approximate surface area is 124 Å². The maximum atomic E-state index is 6.12. The molecule has 21 heavy (non-hydrogen) atoms. The van der Waals surface area contributed by atoms with E-state index in [1.165, 1.54) is 5.39 Å². The Morgan fingerprint density at radius 3 is 2.76 bits per heavy atom. The molecular weight excluding hydrogens is 260 g/mol. The molecule has 0 bridgehead atoms. The topological polar surface area (TPSA) is 34.2 Å². The van der Waals surface area contributed by atoms with E-state index in [0.29, 0.717) is 0 Å². The number of hydrogen-bond acceptors (Lipinski definition) is 3. The summed E-state index contributed by atoms with van der Waals surface area (Å²) in [6.07, 6.45) is 3.57. The van der Waals surface area contributed by atoms with Gasteiger partial charge in [0.15, 0.2) is 0 Å². The highest BCUT2D eigenvalue weighted by Crippen LogP contribution is 2.31. The van der Waals surface area contributed by atoms with Gasteiger partial charge in [0.1, 0.15) is 11.5 Å². The van der Waals surface area contributed by atoms with Crippen molar-refractivity contribution in [3.05, 3.63) is 66.5 Å². The summed E-state index contributed by atoms with van der Waals surface area (Å²) in [5.74, 6) is 1.66. The molecule has 106 valence electrons. The summed E-state index contributed by atoms with van der Waals surface area (Å²) in [5, 5.41) is 5.60. The predicted octanol–water partition coefficient (Wildman–Crippen LogP) is 4.14. The number of nitrogens with zero attached hydrogens (tertiary/aromatic N) is 1. The summed E-state index contributed by atoms with van der Waals surface area (Å²) in [5.41, 5.74) is 1.11. The zero-order valence-corrected chi connectivity index (χ0v) is 12.0. The van der Waals surface area contributed by atoms with Crippen LogP contribution in [-0.4, -0.2) is 11.5 Å². The first-order valence-corrected chi connectivity index (χ1v) is 7.17. The first-order valence-electron chi connectivity index (χ1n) is 7.17. The summed E-state index contributed by atoms with van der Waals surface area (Å²) < 4.78 is 6.12. The first-order chi connectivity index (χ1) is 10.4. The Hall–Kier alpha value is -2.39. The molecule has 0 fully saturated rings. The van der Waals surface area contributed by atoms with Gasteiger partial charge in [-0.1, -0.05) is 43.3 Å². The molecule has 1 aromatic heterocycles. The van der Waals surface area contributed by atoms with Gasteiger partial charge in [-0.2, -0.15) is 0 Å². The summed E-state index contributed by atoms with van der Waals surface area (Å²) in [6.45, 7) is 3.79. The Kier molecular flexibility index (Phi) is 4.12. The molecule has 0 aliphatic rings. The Bertz CT molecular complexity index is 735. The number of nitrogens with one attached hydrogen (secondary N) is 1. The third kappa shape index (κ3) is 3.03. The maximum Gasteiger partial charge on any atom is 0.150 e. The second-order valence-electron chi connectivity index (χ2n) is 4.84. The van der Waals surface area contributed by atoms with E-state index in [4.69, 9.17) is 4.74 Å². The minimum Gasteiger partial charge on any atom is -0.455 e. The highest BCUT2D eigenvalue weighted by Gasteiger charge is 2.07. The fourth-order valence-electron chi connectivity index (χ4n) is 2.31. The van der Waals surface area contributed by atoms with Crippen LogP contribution in [0.15, 0.2) is 60.9 Å². The summed E-state index contributed by atoms with van der Waals surface area (Å²) in [7, 11) is 0. The summed E-state index contributed by atoms with van der Waals surface area (Å²) in [6, 6.07) is 16.3. The number of ether oxygens (including phenoxy) is 1. The van der Waals surface area contributed by atoms with E-state index in [2.05, 4.69) is 35.4 Å². The average Bonchev–Trinajstić information content (AvgIpc) is 2.54. The lowest BCUT2D eigenvalue weighted by Gasteiger charge is -2.12. The number of fused-ring (bicyclic) bond motifs is 1. The van der Waals surface area contributed by atoms with Crippen LogP contribution in [0.4, 0.5) is 0 Å². The van der Waals surface area contributed by atoms with Crippen molar-refractivity contribution in [1.82, 2.24) is 10.3 Å². The van der Waals surface area contributed by atoms with Crippen LogP contribution in [0.1, 0.15) is 12.5 Å². The SMILES string of the molecule is CCNCc1ccncc1Oc1cccc2ccccc12. The fourth-order valence-corrected chi connectivity index (χ4v) is 2.31. The van der Waals surface area contributed by atoms with Crippen molar-refractivity contribution in [2.75, 3.05) is 6.54 Å². The largest absolute Gasteiger partial charge is 0.455 e. The van der Waals surface area contributed by atoms with Crippen LogP contribution in [0.5, 0.6) is 11.5 Å².